The van der Waals surface area contributed by atoms with Gasteiger partial charge in [0, 0.05) is 17.3 Å². The van der Waals surface area contributed by atoms with E-state index in [1.54, 1.807) is 17.0 Å². The van der Waals surface area contributed by atoms with Gasteiger partial charge in [0.2, 0.25) is 0 Å². The monoisotopic (exact) mass is 426 g/mol. The molecule has 0 spiro atoms. The standard InChI is InChI=1S/C22H22N2O3S2/c1-14(2)24-21(26)19(29-22(24)28)12-16-6-4-5-7-18(16)27-13-20(25)23-17-10-8-15(3)9-11-17/h4-12,14H,13H2,1-3H3,(H,23,25)/b19-12-. The zero-order valence-corrected chi connectivity index (χ0v) is 18.1. The van der Waals surface area contributed by atoms with Crippen LogP contribution in [0.15, 0.2) is 53.4 Å². The number of carbonyl (C=O) groups is 2. The molecule has 150 valence electrons. The first kappa shape index (κ1) is 21.1. The lowest BCUT2D eigenvalue weighted by Gasteiger charge is -2.18. The molecule has 7 heteroatoms. The van der Waals surface area contributed by atoms with Gasteiger partial charge in [-0.05, 0) is 45.0 Å². The Balaban J connectivity index is 1.69. The number of hydrogen-bond acceptors (Lipinski definition) is 5. The van der Waals surface area contributed by atoms with Gasteiger partial charge in [0.15, 0.2) is 6.61 Å². The molecule has 1 N–H and O–H groups in total. The van der Waals surface area contributed by atoms with Crippen molar-refractivity contribution in [2.24, 2.45) is 0 Å². The van der Waals surface area contributed by atoms with Crippen molar-refractivity contribution in [2.45, 2.75) is 26.8 Å². The number of nitrogens with zero attached hydrogens (tertiary/aromatic N) is 1. The number of aryl methyl sites for hydroxylation is 1. The van der Waals surface area contributed by atoms with E-state index in [0.29, 0.717) is 15.0 Å². The molecule has 3 rings (SSSR count). The van der Waals surface area contributed by atoms with Crippen molar-refractivity contribution in [3.05, 3.63) is 64.6 Å². The van der Waals surface area contributed by atoms with E-state index >= 15 is 0 Å². The fourth-order valence-corrected chi connectivity index (χ4v) is 4.29. The van der Waals surface area contributed by atoms with Gasteiger partial charge in [0.05, 0.1) is 4.91 Å². The third-order valence-corrected chi connectivity index (χ3v) is 5.57. The van der Waals surface area contributed by atoms with E-state index in [9.17, 15) is 9.59 Å². The van der Waals surface area contributed by atoms with Gasteiger partial charge in [0.1, 0.15) is 10.1 Å². The van der Waals surface area contributed by atoms with Crippen LogP contribution in [-0.2, 0) is 9.59 Å². The van der Waals surface area contributed by atoms with Crippen molar-refractivity contribution in [2.75, 3.05) is 11.9 Å². The minimum atomic E-state index is -0.255. The minimum absolute atomic E-state index is 0.00497. The highest BCUT2D eigenvalue weighted by Crippen LogP contribution is 2.35. The number of rotatable bonds is 6. The van der Waals surface area contributed by atoms with Gasteiger partial charge in [-0.2, -0.15) is 0 Å². The fourth-order valence-electron chi connectivity index (χ4n) is 2.77. The van der Waals surface area contributed by atoms with Crippen LogP contribution in [-0.4, -0.2) is 33.7 Å². The number of thiocarbonyl (C=S) groups is 1. The maximum absolute atomic E-state index is 12.6. The molecular formula is C22H22N2O3S2. The van der Waals surface area contributed by atoms with Gasteiger partial charge >= 0.3 is 0 Å². The number of thioether (sulfide) groups is 1. The second-order valence-electron chi connectivity index (χ2n) is 6.89. The summed E-state index contributed by atoms with van der Waals surface area (Å²) in [5.74, 6) is 0.165. The zero-order valence-electron chi connectivity index (χ0n) is 16.5. The summed E-state index contributed by atoms with van der Waals surface area (Å²) >= 11 is 6.59. The third-order valence-electron chi connectivity index (χ3n) is 4.24. The molecule has 5 nitrogen and oxygen atoms in total. The third kappa shape index (κ3) is 5.25. The molecule has 0 aliphatic carbocycles. The van der Waals surface area contributed by atoms with Crippen LogP contribution in [0.5, 0.6) is 5.75 Å². The molecule has 1 aliphatic heterocycles. The summed E-state index contributed by atoms with van der Waals surface area (Å²) in [7, 11) is 0. The summed E-state index contributed by atoms with van der Waals surface area (Å²) in [6.45, 7) is 5.71. The molecule has 2 aromatic rings. The van der Waals surface area contributed by atoms with E-state index in [-0.39, 0.29) is 24.5 Å². The fraction of sp³-hybridized carbons (Fsp3) is 0.227. The lowest BCUT2D eigenvalue weighted by Crippen LogP contribution is -2.34. The molecule has 2 amide bonds. The highest BCUT2D eigenvalue weighted by molar-refractivity contribution is 8.26. The summed E-state index contributed by atoms with van der Waals surface area (Å²) < 4.78 is 6.27. The van der Waals surface area contributed by atoms with Crippen molar-refractivity contribution >= 4 is 51.9 Å². The second kappa shape index (κ2) is 9.24. The van der Waals surface area contributed by atoms with E-state index in [1.807, 2.05) is 63.2 Å². The maximum Gasteiger partial charge on any atom is 0.266 e. The average molecular weight is 427 g/mol. The van der Waals surface area contributed by atoms with Gasteiger partial charge in [-0.1, -0.05) is 59.9 Å². The number of amides is 2. The van der Waals surface area contributed by atoms with Crippen LogP contribution < -0.4 is 10.1 Å². The van der Waals surface area contributed by atoms with Gasteiger partial charge < -0.3 is 10.1 Å². The van der Waals surface area contributed by atoms with Crippen molar-refractivity contribution < 1.29 is 14.3 Å². The summed E-state index contributed by atoms with van der Waals surface area (Å²) in [4.78, 5) is 27.0. The first-order valence-corrected chi connectivity index (χ1v) is 10.4. The van der Waals surface area contributed by atoms with Gasteiger partial charge in [-0.3, -0.25) is 14.5 Å². The molecule has 1 aliphatic rings. The summed E-state index contributed by atoms with van der Waals surface area (Å²) in [5, 5.41) is 2.80. The molecule has 0 aromatic heterocycles. The van der Waals surface area contributed by atoms with Gasteiger partial charge in [0.25, 0.3) is 11.8 Å². The van der Waals surface area contributed by atoms with Crippen LogP contribution in [0.4, 0.5) is 5.69 Å². The number of para-hydroxylation sites is 1. The molecule has 0 bridgehead atoms. The molecule has 29 heavy (non-hydrogen) atoms. The lowest BCUT2D eigenvalue weighted by atomic mass is 10.2. The highest BCUT2D eigenvalue weighted by Gasteiger charge is 2.33. The minimum Gasteiger partial charge on any atom is -0.483 e. The molecule has 1 saturated heterocycles. The predicted molar refractivity (Wildman–Crippen MR) is 122 cm³/mol. The number of benzene rings is 2. The molecule has 0 radical (unpaired) electrons. The SMILES string of the molecule is Cc1ccc(NC(=O)COc2ccccc2/C=C2\SC(=S)N(C(C)C)C2=O)cc1. The summed E-state index contributed by atoms with van der Waals surface area (Å²) in [5.41, 5.74) is 2.56. The Bertz CT molecular complexity index is 968. The average Bonchev–Trinajstić information content (AvgIpc) is 2.96. The van der Waals surface area contributed by atoms with Crippen LogP contribution in [0.25, 0.3) is 6.08 Å². The number of ether oxygens (including phenoxy) is 1. The van der Waals surface area contributed by atoms with Crippen molar-refractivity contribution in [1.29, 1.82) is 0 Å². The Morgan fingerprint density at radius 2 is 1.90 bits per heavy atom. The van der Waals surface area contributed by atoms with E-state index in [0.717, 1.165) is 16.8 Å². The first-order valence-electron chi connectivity index (χ1n) is 9.20. The quantitative estimate of drug-likeness (QED) is 0.539. The van der Waals surface area contributed by atoms with Crippen molar-refractivity contribution in [3.8, 4) is 5.75 Å². The number of anilines is 1. The molecule has 0 atom stereocenters. The van der Waals surface area contributed by atoms with E-state index in [1.165, 1.54) is 11.8 Å². The Morgan fingerprint density at radius 3 is 2.55 bits per heavy atom. The van der Waals surface area contributed by atoms with Gasteiger partial charge in [-0.15, -0.1) is 0 Å². The largest absolute Gasteiger partial charge is 0.483 e. The highest BCUT2D eigenvalue weighted by atomic mass is 32.2. The Kier molecular flexibility index (Phi) is 6.71. The molecule has 2 aromatic carbocycles. The summed E-state index contributed by atoms with van der Waals surface area (Å²) in [6.07, 6.45) is 1.76. The Morgan fingerprint density at radius 1 is 1.21 bits per heavy atom. The first-order chi connectivity index (χ1) is 13.8. The molecule has 1 fully saturated rings. The molecule has 0 unspecified atom stereocenters. The van der Waals surface area contributed by atoms with Crippen molar-refractivity contribution in [1.82, 2.24) is 4.90 Å². The maximum atomic E-state index is 12.6. The summed E-state index contributed by atoms with van der Waals surface area (Å²) in [6, 6.07) is 14.8. The van der Waals surface area contributed by atoms with Crippen LogP contribution >= 0.6 is 24.0 Å². The van der Waals surface area contributed by atoms with Crippen LogP contribution in [0, 0.1) is 6.92 Å². The van der Waals surface area contributed by atoms with E-state index < -0.39 is 0 Å². The number of hydrogen-bond donors (Lipinski definition) is 1. The smallest absolute Gasteiger partial charge is 0.266 e. The number of nitrogens with one attached hydrogen (secondary N) is 1. The van der Waals surface area contributed by atoms with E-state index in [4.69, 9.17) is 17.0 Å². The molecule has 1 heterocycles. The normalized spacial score (nSPS) is 15.3. The van der Waals surface area contributed by atoms with Crippen LogP contribution in [0.3, 0.4) is 0 Å². The van der Waals surface area contributed by atoms with Gasteiger partial charge in [-0.25, -0.2) is 0 Å². The number of carbonyl (C=O) groups excluding carboxylic acids is 2. The van der Waals surface area contributed by atoms with E-state index in [2.05, 4.69) is 5.32 Å². The predicted octanol–water partition coefficient (Wildman–Crippen LogP) is 4.62. The lowest BCUT2D eigenvalue weighted by molar-refractivity contribution is -0.123. The van der Waals surface area contributed by atoms with Crippen LogP contribution in [0.1, 0.15) is 25.0 Å². The molecular weight excluding hydrogens is 404 g/mol. The van der Waals surface area contributed by atoms with Crippen LogP contribution in [0.2, 0.25) is 0 Å². The zero-order chi connectivity index (χ0) is 21.0. The molecule has 0 saturated carbocycles. The van der Waals surface area contributed by atoms with Crippen molar-refractivity contribution in [3.63, 3.8) is 0 Å². The topological polar surface area (TPSA) is 58.6 Å². The Hall–Kier alpha value is -2.64. The Labute approximate surface area is 180 Å². The second-order valence-corrected chi connectivity index (χ2v) is 8.56.